The van der Waals surface area contributed by atoms with Crippen LogP contribution in [-0.4, -0.2) is 65.4 Å². The first-order valence-corrected chi connectivity index (χ1v) is 13.3. The molecule has 1 amide bonds. The Balaban J connectivity index is 2.00. The highest BCUT2D eigenvalue weighted by atomic mass is 32.2. The van der Waals surface area contributed by atoms with Crippen LogP contribution in [0.2, 0.25) is 0 Å². The molecule has 1 saturated heterocycles. The van der Waals surface area contributed by atoms with Crippen LogP contribution < -0.4 is 13.8 Å². The molecule has 190 valence electrons. The number of benzene rings is 2. The monoisotopic (exact) mass is 504 g/mol. The van der Waals surface area contributed by atoms with Gasteiger partial charge >= 0.3 is 5.97 Å². The summed E-state index contributed by atoms with van der Waals surface area (Å²) in [5.41, 5.74) is 1.14. The van der Waals surface area contributed by atoms with Crippen molar-refractivity contribution in [3.8, 4) is 11.5 Å². The largest absolute Gasteiger partial charge is 0.493 e. The molecule has 0 aliphatic carbocycles. The highest BCUT2D eigenvalue weighted by Gasteiger charge is 2.32. The van der Waals surface area contributed by atoms with Gasteiger partial charge in [-0.15, -0.1) is 0 Å². The molecule has 3 rings (SSSR count). The Morgan fingerprint density at radius 1 is 1.03 bits per heavy atom. The number of sulfonamides is 1. The number of carbonyl (C=O) groups excluding carboxylic acids is 2. The molecule has 0 aromatic heterocycles. The van der Waals surface area contributed by atoms with Crippen LogP contribution in [0.25, 0.3) is 0 Å². The van der Waals surface area contributed by atoms with Crippen molar-refractivity contribution in [1.29, 1.82) is 0 Å². The number of ether oxygens (including phenoxy) is 3. The van der Waals surface area contributed by atoms with Gasteiger partial charge in [0, 0.05) is 19.2 Å². The quantitative estimate of drug-likeness (QED) is 0.484. The maximum Gasteiger partial charge on any atom is 0.309 e. The van der Waals surface area contributed by atoms with Crippen molar-refractivity contribution in [2.75, 3.05) is 44.5 Å². The van der Waals surface area contributed by atoms with E-state index in [1.54, 1.807) is 11.8 Å². The number of likely N-dealkylation sites (tertiary alicyclic amines) is 1. The van der Waals surface area contributed by atoms with E-state index in [9.17, 15) is 18.0 Å². The summed E-state index contributed by atoms with van der Waals surface area (Å²) < 4.78 is 42.9. The van der Waals surface area contributed by atoms with Crippen molar-refractivity contribution in [2.24, 2.45) is 5.92 Å². The van der Waals surface area contributed by atoms with Gasteiger partial charge in [0.1, 0.15) is 0 Å². The number of esters is 1. The van der Waals surface area contributed by atoms with Crippen molar-refractivity contribution in [3.05, 3.63) is 53.6 Å². The number of hydrogen-bond acceptors (Lipinski definition) is 7. The van der Waals surface area contributed by atoms with Crippen LogP contribution in [0.3, 0.4) is 0 Å². The summed E-state index contributed by atoms with van der Waals surface area (Å²) in [7, 11) is -0.866. The normalized spacial score (nSPS) is 14.3. The molecular formula is C25H32N2O7S. The Morgan fingerprint density at radius 2 is 1.63 bits per heavy atom. The minimum Gasteiger partial charge on any atom is -0.493 e. The van der Waals surface area contributed by atoms with E-state index < -0.39 is 10.0 Å². The van der Waals surface area contributed by atoms with Crippen LogP contribution in [0.1, 0.15) is 35.7 Å². The van der Waals surface area contributed by atoms with Gasteiger partial charge in [-0.05, 0) is 31.4 Å². The minimum absolute atomic E-state index is 0.0420. The predicted molar refractivity (Wildman–Crippen MR) is 132 cm³/mol. The highest BCUT2D eigenvalue weighted by molar-refractivity contribution is 7.92. The van der Waals surface area contributed by atoms with Crippen molar-refractivity contribution in [3.63, 3.8) is 0 Å². The van der Waals surface area contributed by atoms with Crippen molar-refractivity contribution in [2.45, 2.75) is 26.3 Å². The lowest BCUT2D eigenvalue weighted by Crippen LogP contribution is -2.41. The number of hydrogen-bond donors (Lipinski definition) is 0. The molecule has 1 aliphatic heterocycles. The second-order valence-electron chi connectivity index (χ2n) is 8.30. The predicted octanol–water partition coefficient (Wildman–Crippen LogP) is 3.09. The maximum absolute atomic E-state index is 13.7. The van der Waals surface area contributed by atoms with E-state index in [2.05, 4.69) is 0 Å². The van der Waals surface area contributed by atoms with Crippen LogP contribution in [0, 0.1) is 5.92 Å². The summed E-state index contributed by atoms with van der Waals surface area (Å²) in [6, 6.07) is 12.2. The highest BCUT2D eigenvalue weighted by Crippen LogP contribution is 2.38. The average Bonchev–Trinajstić information content (AvgIpc) is 2.86. The molecule has 0 atom stereocenters. The number of piperidine rings is 1. The van der Waals surface area contributed by atoms with Crippen LogP contribution in [0.4, 0.5) is 5.69 Å². The second-order valence-corrected chi connectivity index (χ2v) is 10.2. The molecule has 0 radical (unpaired) electrons. The van der Waals surface area contributed by atoms with Crippen LogP contribution in [-0.2, 0) is 26.1 Å². The summed E-state index contributed by atoms with van der Waals surface area (Å²) in [6.07, 6.45) is 2.06. The van der Waals surface area contributed by atoms with Gasteiger partial charge in [-0.1, -0.05) is 30.3 Å². The first-order valence-electron chi connectivity index (χ1n) is 11.4. The molecule has 1 heterocycles. The molecule has 0 spiro atoms. The molecule has 2 aromatic rings. The Bertz CT molecular complexity index is 1140. The van der Waals surface area contributed by atoms with Gasteiger partial charge in [0.2, 0.25) is 10.0 Å². The van der Waals surface area contributed by atoms with E-state index in [0.29, 0.717) is 44.0 Å². The van der Waals surface area contributed by atoms with Gasteiger partial charge in [0.05, 0.1) is 50.8 Å². The van der Waals surface area contributed by atoms with Crippen LogP contribution in [0.15, 0.2) is 42.5 Å². The first kappa shape index (κ1) is 26.3. The molecule has 0 saturated carbocycles. The molecule has 0 bridgehead atoms. The summed E-state index contributed by atoms with van der Waals surface area (Å²) in [4.78, 5) is 27.4. The van der Waals surface area contributed by atoms with Gasteiger partial charge in [-0.3, -0.25) is 13.9 Å². The SMILES string of the molecule is CCOC(=O)C1CCN(C(=O)c2cc(OC)c(OC)cc2N(Cc2ccccc2)S(C)(=O)=O)CC1. The van der Waals surface area contributed by atoms with E-state index in [1.807, 2.05) is 30.3 Å². The molecule has 1 fully saturated rings. The van der Waals surface area contributed by atoms with Gasteiger partial charge < -0.3 is 19.1 Å². The molecule has 10 heteroatoms. The number of nitrogens with zero attached hydrogens (tertiary/aromatic N) is 2. The van der Waals surface area contributed by atoms with Gasteiger partial charge in [0.25, 0.3) is 5.91 Å². The Kier molecular flexibility index (Phi) is 8.61. The second kappa shape index (κ2) is 11.4. The lowest BCUT2D eigenvalue weighted by molar-refractivity contribution is -0.149. The van der Waals surface area contributed by atoms with Gasteiger partial charge in [-0.25, -0.2) is 8.42 Å². The van der Waals surface area contributed by atoms with Crippen molar-refractivity contribution < 1.29 is 32.2 Å². The number of carbonyl (C=O) groups is 2. The summed E-state index contributed by atoms with van der Waals surface area (Å²) in [5.74, 6) is -0.229. The third-order valence-electron chi connectivity index (χ3n) is 5.97. The third kappa shape index (κ3) is 6.25. The van der Waals surface area contributed by atoms with E-state index in [4.69, 9.17) is 14.2 Å². The summed E-state index contributed by atoms with van der Waals surface area (Å²) in [6.45, 7) is 2.83. The standard InChI is InChI=1S/C25H32N2O7S/c1-5-34-25(29)19-11-13-26(14-12-19)24(28)20-15-22(32-2)23(33-3)16-21(20)27(35(4,30)31)17-18-9-7-6-8-10-18/h6-10,15-16,19H,5,11-14,17H2,1-4H3. The van der Waals surface area contributed by atoms with E-state index in [0.717, 1.165) is 11.8 Å². The number of amides is 1. The fourth-order valence-corrected chi connectivity index (χ4v) is 5.02. The Hall–Kier alpha value is -3.27. The molecular weight excluding hydrogens is 472 g/mol. The first-order chi connectivity index (χ1) is 16.7. The van der Waals surface area contributed by atoms with Crippen molar-refractivity contribution >= 4 is 27.6 Å². The number of rotatable bonds is 9. The fourth-order valence-electron chi connectivity index (χ4n) is 4.12. The van der Waals surface area contributed by atoms with E-state index in [1.165, 1.54) is 30.7 Å². The molecule has 9 nitrogen and oxygen atoms in total. The Labute approximate surface area is 206 Å². The summed E-state index contributed by atoms with van der Waals surface area (Å²) >= 11 is 0. The van der Waals surface area contributed by atoms with E-state index >= 15 is 0 Å². The molecule has 1 aliphatic rings. The zero-order valence-electron chi connectivity index (χ0n) is 20.5. The maximum atomic E-state index is 13.7. The average molecular weight is 505 g/mol. The Morgan fingerprint density at radius 3 is 2.17 bits per heavy atom. The zero-order chi connectivity index (χ0) is 25.6. The van der Waals surface area contributed by atoms with Gasteiger partial charge in [-0.2, -0.15) is 0 Å². The molecule has 35 heavy (non-hydrogen) atoms. The lowest BCUT2D eigenvalue weighted by atomic mass is 9.96. The fraction of sp³-hybridized carbons (Fsp3) is 0.440. The van der Waals surface area contributed by atoms with E-state index in [-0.39, 0.29) is 35.6 Å². The third-order valence-corrected chi connectivity index (χ3v) is 7.10. The smallest absolute Gasteiger partial charge is 0.309 e. The molecule has 0 N–H and O–H groups in total. The zero-order valence-corrected chi connectivity index (χ0v) is 21.3. The summed E-state index contributed by atoms with van der Waals surface area (Å²) in [5, 5.41) is 0. The van der Waals surface area contributed by atoms with Gasteiger partial charge in [0.15, 0.2) is 11.5 Å². The number of methoxy groups -OCH3 is 2. The lowest BCUT2D eigenvalue weighted by Gasteiger charge is -2.33. The van der Waals surface area contributed by atoms with Crippen LogP contribution >= 0.6 is 0 Å². The van der Waals surface area contributed by atoms with Crippen LogP contribution in [0.5, 0.6) is 11.5 Å². The topological polar surface area (TPSA) is 102 Å². The molecule has 0 unspecified atom stereocenters. The number of anilines is 1. The minimum atomic E-state index is -3.77. The molecule has 2 aromatic carbocycles. The van der Waals surface area contributed by atoms with Crippen molar-refractivity contribution in [1.82, 2.24) is 4.90 Å².